The molecule has 110 valence electrons. The second-order valence-electron chi connectivity index (χ2n) is 6.56. The molecule has 20 heavy (non-hydrogen) atoms. The molecule has 0 spiro atoms. The number of nitrogens with one attached hydrogen (secondary N) is 1. The van der Waals surface area contributed by atoms with Crippen molar-refractivity contribution in [3.05, 3.63) is 28.8 Å². The molecule has 0 amide bonds. The van der Waals surface area contributed by atoms with Gasteiger partial charge in [0.05, 0.1) is 0 Å². The van der Waals surface area contributed by atoms with E-state index in [9.17, 15) is 0 Å². The Hall–Kier alpha value is -0.730. The van der Waals surface area contributed by atoms with Gasteiger partial charge < -0.3 is 10.2 Å². The predicted octanol–water partition coefficient (Wildman–Crippen LogP) is 4.22. The van der Waals surface area contributed by atoms with Gasteiger partial charge in [0, 0.05) is 41.4 Å². The van der Waals surface area contributed by atoms with Gasteiger partial charge >= 0.3 is 0 Å². The van der Waals surface area contributed by atoms with Crippen LogP contribution in [-0.2, 0) is 6.54 Å². The number of halogens is 1. The summed E-state index contributed by atoms with van der Waals surface area (Å²) in [7, 11) is 0. The maximum Gasteiger partial charge on any atom is 0.0471 e. The maximum atomic E-state index is 6.46. The highest BCUT2D eigenvalue weighted by Gasteiger charge is 2.26. The zero-order valence-electron chi connectivity index (χ0n) is 12.5. The molecule has 2 aliphatic rings. The van der Waals surface area contributed by atoms with Crippen molar-refractivity contribution in [1.29, 1.82) is 0 Å². The first-order chi connectivity index (χ1) is 9.65. The fraction of sp³-hybridized carbons (Fsp3) is 0.647. The lowest BCUT2D eigenvalue weighted by molar-refractivity contribution is 0.377. The molecule has 1 saturated carbocycles. The zero-order valence-corrected chi connectivity index (χ0v) is 13.3. The Balaban J connectivity index is 1.81. The number of nitrogens with zero attached hydrogens (tertiary/aromatic N) is 1. The van der Waals surface area contributed by atoms with Gasteiger partial charge in [0.15, 0.2) is 0 Å². The Morgan fingerprint density at radius 2 is 2.05 bits per heavy atom. The summed E-state index contributed by atoms with van der Waals surface area (Å²) in [6.45, 7) is 6.76. The van der Waals surface area contributed by atoms with Crippen LogP contribution in [0.1, 0.15) is 45.1 Å². The van der Waals surface area contributed by atoms with Crippen molar-refractivity contribution in [3.8, 4) is 0 Å². The normalized spacial score (nSPS) is 26.9. The van der Waals surface area contributed by atoms with Crippen molar-refractivity contribution in [2.75, 3.05) is 11.4 Å². The lowest BCUT2D eigenvalue weighted by Crippen LogP contribution is -2.41. The van der Waals surface area contributed by atoms with E-state index in [0.717, 1.165) is 30.1 Å². The van der Waals surface area contributed by atoms with Gasteiger partial charge in [-0.25, -0.2) is 0 Å². The third-order valence-electron chi connectivity index (χ3n) is 4.69. The molecule has 2 fully saturated rings. The lowest BCUT2D eigenvalue weighted by Gasteiger charge is -2.39. The van der Waals surface area contributed by atoms with Crippen LogP contribution in [0.4, 0.5) is 5.69 Å². The third kappa shape index (κ3) is 3.12. The molecule has 2 unspecified atom stereocenters. The molecule has 0 bridgehead atoms. The molecule has 3 heteroatoms. The molecule has 3 rings (SSSR count). The van der Waals surface area contributed by atoms with E-state index in [1.54, 1.807) is 0 Å². The maximum absolute atomic E-state index is 6.46. The average Bonchev–Trinajstić information content (AvgIpc) is 3.21. The van der Waals surface area contributed by atoms with E-state index in [-0.39, 0.29) is 0 Å². The molecule has 1 aliphatic carbocycles. The van der Waals surface area contributed by atoms with Crippen LogP contribution < -0.4 is 10.2 Å². The fourth-order valence-corrected chi connectivity index (χ4v) is 3.53. The SMILES string of the molecule is CC1CCN(c2cccc(Cl)c2CNC2CC2)C(C)C1. The second kappa shape index (κ2) is 5.95. The standard InChI is InChI=1S/C17H25ClN2/c1-12-8-9-20(13(2)10-12)17-5-3-4-16(18)15(17)11-19-14-6-7-14/h3-5,12-14,19H,6-11H2,1-2H3. The van der Waals surface area contributed by atoms with Crippen LogP contribution in [0, 0.1) is 5.92 Å². The van der Waals surface area contributed by atoms with Crippen molar-refractivity contribution < 1.29 is 0 Å². The summed E-state index contributed by atoms with van der Waals surface area (Å²) in [6.07, 6.45) is 5.20. The van der Waals surface area contributed by atoms with Crippen LogP contribution in [0.15, 0.2) is 18.2 Å². The molecular weight excluding hydrogens is 268 g/mol. The van der Waals surface area contributed by atoms with Gasteiger partial charge in [0.2, 0.25) is 0 Å². The minimum atomic E-state index is 0.608. The molecule has 1 aliphatic heterocycles. The Kier molecular flexibility index (Phi) is 4.23. The molecule has 1 aromatic carbocycles. The topological polar surface area (TPSA) is 15.3 Å². The minimum absolute atomic E-state index is 0.608. The van der Waals surface area contributed by atoms with Crippen LogP contribution in [-0.4, -0.2) is 18.6 Å². The predicted molar refractivity (Wildman–Crippen MR) is 86.5 cm³/mol. The highest BCUT2D eigenvalue weighted by molar-refractivity contribution is 6.31. The Morgan fingerprint density at radius 1 is 1.25 bits per heavy atom. The Labute approximate surface area is 127 Å². The van der Waals surface area contributed by atoms with E-state index in [2.05, 4.69) is 36.2 Å². The van der Waals surface area contributed by atoms with Crippen molar-refractivity contribution in [2.24, 2.45) is 5.92 Å². The van der Waals surface area contributed by atoms with Crippen LogP contribution in [0.5, 0.6) is 0 Å². The molecule has 0 aromatic heterocycles. The number of benzene rings is 1. The van der Waals surface area contributed by atoms with Crippen LogP contribution in [0.25, 0.3) is 0 Å². The summed E-state index contributed by atoms with van der Waals surface area (Å²) in [4.78, 5) is 2.55. The number of hydrogen-bond donors (Lipinski definition) is 1. The Bertz CT molecular complexity index is 470. The summed E-state index contributed by atoms with van der Waals surface area (Å²) in [5, 5.41) is 4.51. The van der Waals surface area contributed by atoms with E-state index in [4.69, 9.17) is 11.6 Å². The van der Waals surface area contributed by atoms with Crippen molar-refractivity contribution in [3.63, 3.8) is 0 Å². The molecular formula is C17H25ClN2. The van der Waals surface area contributed by atoms with Gasteiger partial charge in [-0.3, -0.25) is 0 Å². The van der Waals surface area contributed by atoms with E-state index in [1.807, 2.05) is 6.07 Å². The second-order valence-corrected chi connectivity index (χ2v) is 6.97. The molecule has 1 heterocycles. The van der Waals surface area contributed by atoms with Crippen molar-refractivity contribution in [1.82, 2.24) is 5.32 Å². The molecule has 1 aromatic rings. The quantitative estimate of drug-likeness (QED) is 0.894. The third-order valence-corrected chi connectivity index (χ3v) is 5.04. The monoisotopic (exact) mass is 292 g/mol. The lowest BCUT2D eigenvalue weighted by atomic mass is 9.92. The van der Waals surface area contributed by atoms with E-state index in [1.165, 1.54) is 36.9 Å². The molecule has 1 saturated heterocycles. The molecule has 1 N–H and O–H groups in total. The van der Waals surface area contributed by atoms with E-state index < -0.39 is 0 Å². The highest BCUT2D eigenvalue weighted by Crippen LogP contribution is 2.34. The van der Waals surface area contributed by atoms with Crippen LogP contribution in [0.2, 0.25) is 5.02 Å². The van der Waals surface area contributed by atoms with Crippen molar-refractivity contribution in [2.45, 2.75) is 58.2 Å². The van der Waals surface area contributed by atoms with Gasteiger partial charge in [0.25, 0.3) is 0 Å². The zero-order chi connectivity index (χ0) is 14.1. The number of anilines is 1. The number of hydrogen-bond acceptors (Lipinski definition) is 2. The van der Waals surface area contributed by atoms with Gasteiger partial charge in [-0.05, 0) is 50.7 Å². The van der Waals surface area contributed by atoms with Gasteiger partial charge in [-0.2, -0.15) is 0 Å². The van der Waals surface area contributed by atoms with Crippen LogP contribution >= 0.6 is 11.6 Å². The summed E-state index contributed by atoms with van der Waals surface area (Å²) >= 11 is 6.46. The van der Waals surface area contributed by atoms with Crippen LogP contribution in [0.3, 0.4) is 0 Å². The molecule has 2 nitrogen and oxygen atoms in total. The first kappa shape index (κ1) is 14.2. The van der Waals surface area contributed by atoms with Gasteiger partial charge in [0.1, 0.15) is 0 Å². The van der Waals surface area contributed by atoms with Crippen molar-refractivity contribution >= 4 is 17.3 Å². The van der Waals surface area contributed by atoms with E-state index >= 15 is 0 Å². The largest absolute Gasteiger partial charge is 0.369 e. The van der Waals surface area contributed by atoms with E-state index in [0.29, 0.717) is 6.04 Å². The number of piperidine rings is 1. The fourth-order valence-electron chi connectivity index (χ4n) is 3.29. The Morgan fingerprint density at radius 3 is 2.75 bits per heavy atom. The average molecular weight is 293 g/mol. The summed E-state index contributed by atoms with van der Waals surface area (Å²) in [5.74, 6) is 0.841. The number of rotatable bonds is 4. The smallest absolute Gasteiger partial charge is 0.0471 e. The highest BCUT2D eigenvalue weighted by atomic mass is 35.5. The first-order valence-electron chi connectivity index (χ1n) is 7.92. The molecule has 0 radical (unpaired) electrons. The summed E-state index contributed by atoms with van der Waals surface area (Å²) in [5.41, 5.74) is 2.62. The molecule has 2 atom stereocenters. The van der Waals surface area contributed by atoms with Gasteiger partial charge in [-0.15, -0.1) is 0 Å². The first-order valence-corrected chi connectivity index (χ1v) is 8.30. The minimum Gasteiger partial charge on any atom is -0.369 e. The summed E-state index contributed by atoms with van der Waals surface area (Å²) in [6, 6.07) is 7.67. The summed E-state index contributed by atoms with van der Waals surface area (Å²) < 4.78 is 0. The van der Waals surface area contributed by atoms with Gasteiger partial charge in [-0.1, -0.05) is 24.6 Å².